The highest BCUT2D eigenvalue weighted by Crippen LogP contribution is 2.25. The van der Waals surface area contributed by atoms with E-state index in [0.29, 0.717) is 23.6 Å². The number of benzene rings is 2. The molecule has 3 aromatic rings. The summed E-state index contributed by atoms with van der Waals surface area (Å²) in [6.45, 7) is 2.46. The average molecular weight is 292 g/mol. The molecule has 2 aromatic carbocycles. The molecule has 1 heterocycles. The highest BCUT2D eigenvalue weighted by Gasteiger charge is 2.12. The highest BCUT2D eigenvalue weighted by molar-refractivity contribution is 6.13. The summed E-state index contributed by atoms with van der Waals surface area (Å²) in [4.78, 5) is 16.7. The molecule has 1 amide bonds. The van der Waals surface area contributed by atoms with Crippen LogP contribution >= 0.6 is 0 Å². The topological polar surface area (TPSA) is 51.2 Å². The van der Waals surface area contributed by atoms with Crippen molar-refractivity contribution in [1.82, 2.24) is 4.98 Å². The number of carbonyl (C=O) groups is 1. The second-order valence-electron chi connectivity index (χ2n) is 4.79. The Morgan fingerprint density at radius 3 is 2.86 bits per heavy atom. The van der Waals surface area contributed by atoms with E-state index in [1.54, 1.807) is 18.5 Å². The van der Waals surface area contributed by atoms with Gasteiger partial charge in [-0.1, -0.05) is 24.3 Å². The van der Waals surface area contributed by atoms with Crippen LogP contribution in [0.1, 0.15) is 17.3 Å². The van der Waals surface area contributed by atoms with E-state index in [9.17, 15) is 4.79 Å². The number of amides is 1. The number of ether oxygens (including phenoxy) is 1. The third kappa shape index (κ3) is 2.76. The number of anilines is 1. The molecule has 0 spiro atoms. The van der Waals surface area contributed by atoms with Crippen molar-refractivity contribution in [2.45, 2.75) is 6.92 Å². The molecule has 22 heavy (non-hydrogen) atoms. The Labute approximate surface area is 128 Å². The van der Waals surface area contributed by atoms with Crippen LogP contribution in [-0.4, -0.2) is 17.5 Å². The predicted octanol–water partition coefficient (Wildman–Crippen LogP) is 3.89. The molecule has 0 aliphatic heterocycles. The summed E-state index contributed by atoms with van der Waals surface area (Å²) in [5, 5.41) is 4.73. The van der Waals surface area contributed by atoms with Crippen LogP contribution in [0, 0.1) is 0 Å². The zero-order valence-corrected chi connectivity index (χ0v) is 12.2. The maximum absolute atomic E-state index is 12.6. The van der Waals surface area contributed by atoms with Gasteiger partial charge in [0.15, 0.2) is 0 Å². The molecular formula is C18H16N2O2. The molecule has 1 aromatic heterocycles. The first-order valence-corrected chi connectivity index (χ1v) is 7.15. The number of hydrogen-bond donors (Lipinski definition) is 1. The molecule has 0 saturated heterocycles. The first-order chi connectivity index (χ1) is 10.8. The zero-order valence-electron chi connectivity index (χ0n) is 12.2. The highest BCUT2D eigenvalue weighted by atomic mass is 16.5. The predicted molar refractivity (Wildman–Crippen MR) is 87.3 cm³/mol. The van der Waals surface area contributed by atoms with Crippen LogP contribution in [-0.2, 0) is 0 Å². The average Bonchev–Trinajstić information content (AvgIpc) is 2.56. The molecule has 0 unspecified atom stereocenters. The number of aromatic nitrogens is 1. The standard InChI is InChI=1S/C18H16N2O2/c1-2-22-17-9-4-3-8-16(17)20-18(21)14-7-5-6-13-10-11-19-12-15(13)14/h3-12H,2H2,1H3,(H,20,21). The molecule has 4 heteroatoms. The molecule has 4 nitrogen and oxygen atoms in total. The lowest BCUT2D eigenvalue weighted by atomic mass is 10.1. The number of carbonyl (C=O) groups excluding carboxylic acids is 1. The van der Waals surface area contributed by atoms with Crippen molar-refractivity contribution in [2.75, 3.05) is 11.9 Å². The normalized spacial score (nSPS) is 10.4. The van der Waals surface area contributed by atoms with E-state index in [1.807, 2.05) is 49.4 Å². The van der Waals surface area contributed by atoms with Crippen LogP contribution in [0.15, 0.2) is 60.9 Å². The smallest absolute Gasteiger partial charge is 0.256 e. The zero-order chi connectivity index (χ0) is 15.4. The Hall–Kier alpha value is -2.88. The van der Waals surface area contributed by atoms with Gasteiger partial charge in [0, 0.05) is 23.3 Å². The molecule has 1 N–H and O–H groups in total. The van der Waals surface area contributed by atoms with Crippen molar-refractivity contribution in [3.63, 3.8) is 0 Å². The van der Waals surface area contributed by atoms with Crippen LogP contribution in [0.4, 0.5) is 5.69 Å². The van der Waals surface area contributed by atoms with Crippen LogP contribution in [0.3, 0.4) is 0 Å². The maximum Gasteiger partial charge on any atom is 0.256 e. The Bertz CT molecular complexity index is 810. The van der Waals surface area contributed by atoms with Gasteiger partial charge in [-0.3, -0.25) is 9.78 Å². The minimum atomic E-state index is -0.175. The number of nitrogens with one attached hydrogen (secondary N) is 1. The molecule has 3 rings (SSSR count). The molecule has 0 radical (unpaired) electrons. The van der Waals surface area contributed by atoms with Gasteiger partial charge in [-0.05, 0) is 36.6 Å². The lowest BCUT2D eigenvalue weighted by molar-refractivity contribution is 0.102. The summed E-state index contributed by atoms with van der Waals surface area (Å²) in [7, 11) is 0. The first kappa shape index (κ1) is 14.1. The Balaban J connectivity index is 1.94. The van der Waals surface area contributed by atoms with E-state index in [4.69, 9.17) is 4.74 Å². The summed E-state index contributed by atoms with van der Waals surface area (Å²) in [6, 6.07) is 14.9. The van der Waals surface area contributed by atoms with E-state index in [-0.39, 0.29) is 5.91 Å². The second-order valence-corrected chi connectivity index (χ2v) is 4.79. The number of hydrogen-bond acceptors (Lipinski definition) is 3. The number of nitrogens with zero attached hydrogens (tertiary/aromatic N) is 1. The third-order valence-corrected chi connectivity index (χ3v) is 3.36. The first-order valence-electron chi connectivity index (χ1n) is 7.15. The van der Waals surface area contributed by atoms with Gasteiger partial charge >= 0.3 is 0 Å². The van der Waals surface area contributed by atoms with Crippen LogP contribution in [0.25, 0.3) is 10.8 Å². The largest absolute Gasteiger partial charge is 0.492 e. The van der Waals surface area contributed by atoms with Gasteiger partial charge in [0.2, 0.25) is 0 Å². The third-order valence-electron chi connectivity index (χ3n) is 3.36. The van der Waals surface area contributed by atoms with Gasteiger partial charge < -0.3 is 10.1 Å². The van der Waals surface area contributed by atoms with Crippen molar-refractivity contribution < 1.29 is 9.53 Å². The quantitative estimate of drug-likeness (QED) is 0.793. The molecule has 0 saturated carbocycles. The van der Waals surface area contributed by atoms with Crippen molar-refractivity contribution in [3.8, 4) is 5.75 Å². The fraction of sp³-hybridized carbons (Fsp3) is 0.111. The number of pyridine rings is 1. The molecule has 0 bridgehead atoms. The molecule has 0 fully saturated rings. The fourth-order valence-electron chi connectivity index (χ4n) is 2.35. The van der Waals surface area contributed by atoms with Crippen LogP contribution < -0.4 is 10.1 Å². The molecule has 0 aliphatic rings. The summed E-state index contributed by atoms with van der Waals surface area (Å²) in [6.07, 6.45) is 3.42. The van der Waals surface area contributed by atoms with Crippen molar-refractivity contribution >= 4 is 22.4 Å². The number of rotatable bonds is 4. The Morgan fingerprint density at radius 2 is 2.00 bits per heavy atom. The number of fused-ring (bicyclic) bond motifs is 1. The van der Waals surface area contributed by atoms with Crippen LogP contribution in [0.5, 0.6) is 5.75 Å². The Morgan fingerprint density at radius 1 is 1.14 bits per heavy atom. The Kier molecular flexibility index (Phi) is 4.01. The maximum atomic E-state index is 12.6. The summed E-state index contributed by atoms with van der Waals surface area (Å²) in [5.41, 5.74) is 1.26. The van der Waals surface area contributed by atoms with E-state index >= 15 is 0 Å². The van der Waals surface area contributed by atoms with Gasteiger partial charge in [-0.2, -0.15) is 0 Å². The summed E-state index contributed by atoms with van der Waals surface area (Å²) >= 11 is 0. The van der Waals surface area contributed by atoms with Crippen molar-refractivity contribution in [1.29, 1.82) is 0 Å². The minimum Gasteiger partial charge on any atom is -0.492 e. The molecular weight excluding hydrogens is 276 g/mol. The van der Waals surface area contributed by atoms with Crippen LogP contribution in [0.2, 0.25) is 0 Å². The van der Waals surface area contributed by atoms with E-state index in [2.05, 4.69) is 10.3 Å². The minimum absolute atomic E-state index is 0.175. The summed E-state index contributed by atoms with van der Waals surface area (Å²) in [5.74, 6) is 0.488. The second kappa shape index (κ2) is 6.26. The van der Waals surface area contributed by atoms with Gasteiger partial charge in [0.1, 0.15) is 5.75 Å². The SMILES string of the molecule is CCOc1ccccc1NC(=O)c1cccc2ccncc12. The van der Waals surface area contributed by atoms with E-state index < -0.39 is 0 Å². The van der Waals surface area contributed by atoms with Gasteiger partial charge in [0.25, 0.3) is 5.91 Å². The van der Waals surface area contributed by atoms with E-state index in [0.717, 1.165) is 10.8 Å². The fourth-order valence-corrected chi connectivity index (χ4v) is 2.35. The molecule has 110 valence electrons. The molecule has 0 atom stereocenters. The van der Waals surface area contributed by atoms with Crippen molar-refractivity contribution in [3.05, 3.63) is 66.5 Å². The van der Waals surface area contributed by atoms with Gasteiger partial charge in [-0.25, -0.2) is 0 Å². The van der Waals surface area contributed by atoms with Gasteiger partial charge in [0.05, 0.1) is 12.3 Å². The molecule has 0 aliphatic carbocycles. The van der Waals surface area contributed by atoms with E-state index in [1.165, 1.54) is 0 Å². The lowest BCUT2D eigenvalue weighted by Gasteiger charge is -2.12. The summed E-state index contributed by atoms with van der Waals surface area (Å²) < 4.78 is 5.53. The monoisotopic (exact) mass is 292 g/mol. The lowest BCUT2D eigenvalue weighted by Crippen LogP contribution is -2.13. The van der Waals surface area contributed by atoms with Gasteiger partial charge in [-0.15, -0.1) is 0 Å². The van der Waals surface area contributed by atoms with Crippen molar-refractivity contribution in [2.24, 2.45) is 0 Å². The number of para-hydroxylation sites is 2.